The van der Waals surface area contributed by atoms with Crippen molar-refractivity contribution in [3.05, 3.63) is 28.5 Å². The molecule has 0 amide bonds. The molecule has 0 aliphatic carbocycles. The summed E-state index contributed by atoms with van der Waals surface area (Å²) in [6.07, 6.45) is 0. The van der Waals surface area contributed by atoms with E-state index in [0.29, 0.717) is 0 Å². The summed E-state index contributed by atoms with van der Waals surface area (Å²) in [4.78, 5) is 0. The minimum absolute atomic E-state index is 0.198. The third-order valence-corrected chi connectivity index (χ3v) is 1.51. The van der Waals surface area contributed by atoms with Gasteiger partial charge < -0.3 is 0 Å². The molecular formula is C6H3BrFO. The van der Waals surface area contributed by atoms with Crippen molar-refractivity contribution in [1.29, 1.82) is 0 Å². The molecule has 0 saturated carbocycles. The molecule has 0 unspecified atom stereocenters. The Morgan fingerprint density at radius 3 is 2.56 bits per heavy atom. The van der Waals surface area contributed by atoms with Crippen molar-refractivity contribution in [3.63, 3.8) is 0 Å². The fraction of sp³-hybridized carbons (Fsp3) is 0. The van der Waals surface area contributed by atoms with E-state index < -0.39 is 5.82 Å². The van der Waals surface area contributed by atoms with Crippen LogP contribution in [0.15, 0.2) is 22.7 Å². The number of halogens is 2. The van der Waals surface area contributed by atoms with E-state index in [1.807, 2.05) is 0 Å². The maximum absolute atomic E-state index is 12.2. The first-order valence-electron chi connectivity index (χ1n) is 2.32. The van der Waals surface area contributed by atoms with Crippen LogP contribution in [0.2, 0.25) is 0 Å². The van der Waals surface area contributed by atoms with Gasteiger partial charge in [-0.25, -0.2) is 4.39 Å². The highest BCUT2D eigenvalue weighted by Gasteiger charge is 1.98. The molecule has 1 aromatic carbocycles. The smallest absolute Gasteiger partial charge is 0.192 e. The fourth-order valence-electron chi connectivity index (χ4n) is 0.475. The van der Waals surface area contributed by atoms with E-state index in [2.05, 4.69) is 15.9 Å². The van der Waals surface area contributed by atoms with Gasteiger partial charge in [-0.1, -0.05) is 0 Å². The summed E-state index contributed by atoms with van der Waals surface area (Å²) in [5.74, 6) is -0.599. The second-order valence-corrected chi connectivity index (χ2v) is 2.43. The summed E-state index contributed by atoms with van der Waals surface area (Å²) < 4.78 is 12.4. The van der Waals surface area contributed by atoms with Crippen molar-refractivity contribution >= 4 is 15.9 Å². The zero-order chi connectivity index (χ0) is 6.85. The highest BCUT2D eigenvalue weighted by atomic mass is 79.9. The van der Waals surface area contributed by atoms with Gasteiger partial charge >= 0.3 is 0 Å². The van der Waals surface area contributed by atoms with Gasteiger partial charge in [0.1, 0.15) is 5.82 Å². The minimum Gasteiger partial charge on any atom is -0.289 e. The Morgan fingerprint density at radius 1 is 1.44 bits per heavy atom. The molecule has 1 aromatic rings. The van der Waals surface area contributed by atoms with Crippen LogP contribution in [0.5, 0.6) is 5.75 Å². The molecule has 9 heavy (non-hydrogen) atoms. The normalized spacial score (nSPS) is 9.56. The lowest BCUT2D eigenvalue weighted by Crippen LogP contribution is -1.71. The summed E-state index contributed by atoms with van der Waals surface area (Å²) in [6, 6.07) is 3.45. The largest absolute Gasteiger partial charge is 0.289 e. The van der Waals surface area contributed by atoms with Crippen LogP contribution in [0.25, 0.3) is 0 Å². The van der Waals surface area contributed by atoms with Crippen molar-refractivity contribution < 1.29 is 9.50 Å². The van der Waals surface area contributed by atoms with Crippen molar-refractivity contribution in [2.24, 2.45) is 0 Å². The molecule has 0 aliphatic heterocycles. The van der Waals surface area contributed by atoms with Crippen molar-refractivity contribution in [3.8, 4) is 5.75 Å². The van der Waals surface area contributed by atoms with Gasteiger partial charge in [0.15, 0.2) is 5.75 Å². The fourth-order valence-corrected chi connectivity index (χ4v) is 0.826. The standard InChI is InChI=1S/C6H3BrFO/c7-5-3-4(8)1-2-6(5)9/h1-3H. The molecule has 1 nitrogen and oxygen atoms in total. The number of hydrogen-bond acceptors (Lipinski definition) is 0. The van der Waals surface area contributed by atoms with E-state index in [1.54, 1.807) is 0 Å². The predicted octanol–water partition coefficient (Wildman–Crippen LogP) is 2.73. The monoisotopic (exact) mass is 189 g/mol. The van der Waals surface area contributed by atoms with Gasteiger partial charge in [0, 0.05) is 0 Å². The number of rotatable bonds is 0. The summed E-state index contributed by atoms with van der Waals surface area (Å²) in [5, 5.41) is 10.6. The Labute approximate surface area is 60.3 Å². The maximum Gasteiger partial charge on any atom is 0.192 e. The third kappa shape index (κ3) is 1.42. The van der Waals surface area contributed by atoms with E-state index in [4.69, 9.17) is 0 Å². The number of hydrogen-bond donors (Lipinski definition) is 0. The van der Waals surface area contributed by atoms with Crippen LogP contribution < -0.4 is 0 Å². The van der Waals surface area contributed by atoms with Gasteiger partial charge in [-0.3, -0.25) is 5.11 Å². The zero-order valence-corrected chi connectivity index (χ0v) is 5.98. The average molecular weight is 190 g/mol. The first-order valence-corrected chi connectivity index (χ1v) is 3.11. The van der Waals surface area contributed by atoms with Crippen molar-refractivity contribution in [2.75, 3.05) is 0 Å². The molecule has 0 heterocycles. The molecule has 0 bridgehead atoms. The highest BCUT2D eigenvalue weighted by Crippen LogP contribution is 2.23. The predicted molar refractivity (Wildman–Crippen MR) is 34.2 cm³/mol. The summed E-state index contributed by atoms with van der Waals surface area (Å²) in [5.41, 5.74) is 0. The Bertz CT molecular complexity index is 224. The van der Waals surface area contributed by atoms with Crippen LogP contribution in [-0.4, -0.2) is 0 Å². The van der Waals surface area contributed by atoms with Crippen LogP contribution in [0.4, 0.5) is 4.39 Å². The molecule has 0 saturated heterocycles. The molecule has 0 fully saturated rings. The Morgan fingerprint density at radius 2 is 2.11 bits per heavy atom. The van der Waals surface area contributed by atoms with E-state index in [1.165, 1.54) is 6.07 Å². The highest BCUT2D eigenvalue weighted by molar-refractivity contribution is 9.10. The van der Waals surface area contributed by atoms with Gasteiger partial charge in [-0.2, -0.15) is 0 Å². The lowest BCUT2D eigenvalue weighted by atomic mass is 10.3. The van der Waals surface area contributed by atoms with Crippen LogP contribution in [0.1, 0.15) is 0 Å². The Balaban J connectivity index is 3.17. The molecule has 3 heteroatoms. The van der Waals surface area contributed by atoms with Gasteiger partial charge in [-0.15, -0.1) is 0 Å². The van der Waals surface area contributed by atoms with Crippen LogP contribution in [0.3, 0.4) is 0 Å². The average Bonchev–Trinajstić information content (AvgIpc) is 1.80. The minimum atomic E-state index is -0.401. The van der Waals surface area contributed by atoms with E-state index in [-0.39, 0.29) is 10.2 Å². The summed E-state index contributed by atoms with van der Waals surface area (Å²) >= 11 is 2.89. The zero-order valence-electron chi connectivity index (χ0n) is 4.40. The van der Waals surface area contributed by atoms with Crippen molar-refractivity contribution in [1.82, 2.24) is 0 Å². The van der Waals surface area contributed by atoms with E-state index in [0.717, 1.165) is 12.1 Å². The van der Waals surface area contributed by atoms with Crippen LogP contribution in [0, 0.1) is 5.82 Å². The molecule has 47 valence electrons. The second kappa shape index (κ2) is 2.35. The first-order chi connectivity index (χ1) is 4.20. The quantitative estimate of drug-likeness (QED) is 0.599. The van der Waals surface area contributed by atoms with Crippen LogP contribution >= 0.6 is 15.9 Å². The van der Waals surface area contributed by atoms with Gasteiger partial charge in [0.25, 0.3) is 0 Å². The maximum atomic E-state index is 12.2. The SMILES string of the molecule is [O]c1ccc(F)cc1Br. The van der Waals surface area contributed by atoms with Gasteiger partial charge in [0.05, 0.1) is 4.47 Å². The second-order valence-electron chi connectivity index (χ2n) is 1.57. The molecule has 1 radical (unpaired) electrons. The van der Waals surface area contributed by atoms with Gasteiger partial charge in [0.2, 0.25) is 0 Å². The summed E-state index contributed by atoms with van der Waals surface area (Å²) in [6.45, 7) is 0. The van der Waals surface area contributed by atoms with Crippen LogP contribution in [-0.2, 0) is 5.11 Å². The Hall–Kier alpha value is -0.570. The molecule has 1 rings (SSSR count). The molecule has 0 atom stereocenters. The molecule has 0 aromatic heterocycles. The molecule has 0 aliphatic rings. The first kappa shape index (κ1) is 6.55. The molecule has 0 N–H and O–H groups in total. The van der Waals surface area contributed by atoms with E-state index in [9.17, 15) is 9.50 Å². The summed E-state index contributed by atoms with van der Waals surface area (Å²) in [7, 11) is 0. The molecule has 0 spiro atoms. The lowest BCUT2D eigenvalue weighted by Gasteiger charge is -1.89. The lowest BCUT2D eigenvalue weighted by molar-refractivity contribution is 0.351. The van der Waals surface area contributed by atoms with Crippen molar-refractivity contribution in [2.45, 2.75) is 0 Å². The number of benzene rings is 1. The molecular weight excluding hydrogens is 187 g/mol. The Kier molecular flexibility index (Phi) is 1.71. The van der Waals surface area contributed by atoms with Gasteiger partial charge in [-0.05, 0) is 34.1 Å². The van der Waals surface area contributed by atoms with E-state index >= 15 is 0 Å². The topological polar surface area (TPSA) is 19.9 Å². The third-order valence-electron chi connectivity index (χ3n) is 0.894.